The number of nitrogens with zero attached hydrogens (tertiary/aromatic N) is 1. The van der Waals surface area contributed by atoms with Gasteiger partial charge in [-0.2, -0.15) is 11.8 Å². The van der Waals surface area contributed by atoms with E-state index in [1.807, 2.05) is 29.2 Å². The fraction of sp³-hybridized carbons (Fsp3) is 0.333. The Morgan fingerprint density at radius 2 is 1.86 bits per heavy atom. The molecule has 2 aromatic rings. The van der Waals surface area contributed by atoms with Gasteiger partial charge in [0.2, 0.25) is 0 Å². The third kappa shape index (κ3) is 5.56. The lowest BCUT2D eigenvalue weighted by Gasteiger charge is -2.32. The first-order valence-electron chi connectivity index (χ1n) is 9.31. The molecule has 0 aliphatic carbocycles. The van der Waals surface area contributed by atoms with Crippen molar-refractivity contribution in [1.82, 2.24) is 4.90 Å². The number of nitrogens with one attached hydrogen (secondary N) is 2. The van der Waals surface area contributed by atoms with Gasteiger partial charge in [-0.15, -0.1) is 0 Å². The molecule has 3 rings (SSSR count). The van der Waals surface area contributed by atoms with E-state index in [0.717, 1.165) is 10.7 Å². The van der Waals surface area contributed by atoms with Crippen molar-refractivity contribution < 1.29 is 18.9 Å². The highest BCUT2D eigenvalue weighted by Gasteiger charge is 2.26. The first-order chi connectivity index (χ1) is 13.5. The molecule has 5 nitrogen and oxygen atoms in total. The molecule has 0 aromatic heterocycles. The second-order valence-corrected chi connectivity index (χ2v) is 7.77. The van der Waals surface area contributed by atoms with Crippen LogP contribution in [0.3, 0.4) is 0 Å². The molecule has 0 atom stereocenters. The average Bonchev–Trinajstić information content (AvgIpc) is 2.69. The maximum atomic E-state index is 13.2. The van der Waals surface area contributed by atoms with Crippen LogP contribution in [-0.2, 0) is 10.5 Å². The van der Waals surface area contributed by atoms with Crippen LogP contribution in [0.4, 0.5) is 10.1 Å². The molecule has 0 spiro atoms. The Labute approximate surface area is 168 Å². The summed E-state index contributed by atoms with van der Waals surface area (Å²) in [5.74, 6) is 0.455. The largest absolute Gasteiger partial charge is 0.327 e. The number of thioether (sulfide) groups is 1. The van der Waals surface area contributed by atoms with Crippen molar-refractivity contribution in [3.8, 4) is 0 Å². The fourth-order valence-corrected chi connectivity index (χ4v) is 3.82. The van der Waals surface area contributed by atoms with Gasteiger partial charge in [0.25, 0.3) is 11.8 Å². The summed E-state index contributed by atoms with van der Waals surface area (Å²) in [5.41, 5.74) is 2.38. The summed E-state index contributed by atoms with van der Waals surface area (Å²) >= 11 is 1.75. The molecule has 28 heavy (non-hydrogen) atoms. The maximum absolute atomic E-state index is 13.2. The van der Waals surface area contributed by atoms with Gasteiger partial charge in [-0.05, 0) is 42.2 Å². The quantitative estimate of drug-likeness (QED) is 0.773. The molecule has 1 fully saturated rings. The lowest BCUT2D eigenvalue weighted by Crippen LogP contribution is -3.15. The van der Waals surface area contributed by atoms with Crippen molar-refractivity contribution in [3.63, 3.8) is 0 Å². The molecule has 0 saturated carbocycles. The molecular weight excluding hydrogens is 377 g/mol. The van der Waals surface area contributed by atoms with Gasteiger partial charge in [0.05, 0.1) is 26.2 Å². The number of carbonyl (C=O) groups is 2. The van der Waals surface area contributed by atoms with Crippen LogP contribution < -0.4 is 10.2 Å². The van der Waals surface area contributed by atoms with Gasteiger partial charge in [0, 0.05) is 17.0 Å². The summed E-state index contributed by atoms with van der Waals surface area (Å²) < 4.78 is 13.2. The van der Waals surface area contributed by atoms with Crippen molar-refractivity contribution in [1.29, 1.82) is 0 Å². The Kier molecular flexibility index (Phi) is 7.06. The van der Waals surface area contributed by atoms with E-state index in [-0.39, 0.29) is 17.6 Å². The van der Waals surface area contributed by atoms with E-state index >= 15 is 0 Å². The van der Waals surface area contributed by atoms with Gasteiger partial charge >= 0.3 is 0 Å². The van der Waals surface area contributed by atoms with E-state index in [4.69, 9.17) is 0 Å². The topological polar surface area (TPSA) is 53.9 Å². The second-order valence-electron chi connectivity index (χ2n) is 6.91. The number of amides is 2. The molecule has 1 aliphatic rings. The Balaban J connectivity index is 1.47. The van der Waals surface area contributed by atoms with E-state index in [1.165, 1.54) is 17.7 Å². The normalized spacial score (nSPS) is 14.7. The van der Waals surface area contributed by atoms with Gasteiger partial charge in [0.15, 0.2) is 6.54 Å². The zero-order chi connectivity index (χ0) is 19.9. The second kappa shape index (κ2) is 9.71. The van der Waals surface area contributed by atoms with Crippen molar-refractivity contribution in [2.45, 2.75) is 5.75 Å². The van der Waals surface area contributed by atoms with Crippen LogP contribution in [0.2, 0.25) is 0 Å². The summed E-state index contributed by atoms with van der Waals surface area (Å²) in [6, 6.07) is 13.7. The van der Waals surface area contributed by atoms with Crippen LogP contribution in [0.15, 0.2) is 48.5 Å². The number of carbonyl (C=O) groups excluding carboxylic acids is 2. The first-order valence-corrected chi connectivity index (χ1v) is 10.7. The van der Waals surface area contributed by atoms with Crippen molar-refractivity contribution in [2.24, 2.45) is 0 Å². The number of hydrogen-bond donors (Lipinski definition) is 2. The lowest BCUT2D eigenvalue weighted by atomic mass is 10.1. The molecule has 2 N–H and O–H groups in total. The van der Waals surface area contributed by atoms with Gasteiger partial charge in [-0.1, -0.05) is 18.2 Å². The monoisotopic (exact) mass is 402 g/mol. The summed E-state index contributed by atoms with van der Waals surface area (Å²) in [4.78, 5) is 27.8. The predicted molar refractivity (Wildman–Crippen MR) is 110 cm³/mol. The van der Waals surface area contributed by atoms with Crippen LogP contribution in [0.5, 0.6) is 0 Å². The standard InChI is InChI=1S/C21H24FN3O2S/c1-28-15-16-5-7-17(8-6-16)21(27)25-11-9-24(10-12-25)14-20(26)23-19-4-2-3-18(22)13-19/h2-8,13H,9-12,14-15H2,1H3,(H,23,26)/p+1. The van der Waals surface area contributed by atoms with Crippen LogP contribution in [-0.4, -0.2) is 55.7 Å². The minimum absolute atomic E-state index is 0.0407. The molecule has 7 heteroatoms. The molecule has 148 valence electrons. The Morgan fingerprint density at radius 1 is 1.14 bits per heavy atom. The van der Waals surface area contributed by atoms with Crippen LogP contribution >= 0.6 is 11.8 Å². The molecular formula is C21H25FN3O2S+. The van der Waals surface area contributed by atoms with Crippen molar-refractivity contribution >= 4 is 29.3 Å². The van der Waals surface area contributed by atoms with Crippen molar-refractivity contribution in [3.05, 3.63) is 65.5 Å². The highest BCUT2D eigenvalue weighted by molar-refractivity contribution is 7.97. The molecule has 1 saturated heterocycles. The third-order valence-corrected chi connectivity index (χ3v) is 5.41. The van der Waals surface area contributed by atoms with E-state index in [9.17, 15) is 14.0 Å². The summed E-state index contributed by atoms with van der Waals surface area (Å²) in [6.07, 6.45) is 2.05. The SMILES string of the molecule is CSCc1ccc(C(=O)N2CC[NH+](CC(=O)Nc3cccc(F)c3)CC2)cc1. The van der Waals surface area contributed by atoms with Gasteiger partial charge in [-0.25, -0.2) is 4.39 Å². The summed E-state index contributed by atoms with van der Waals surface area (Å²) in [5, 5.41) is 2.72. The first kappa shape index (κ1) is 20.4. The Hall–Kier alpha value is -2.38. The summed E-state index contributed by atoms with van der Waals surface area (Å²) in [6.45, 7) is 2.98. The number of halogens is 1. The maximum Gasteiger partial charge on any atom is 0.279 e. The van der Waals surface area contributed by atoms with Crippen LogP contribution in [0.25, 0.3) is 0 Å². The molecule has 2 aromatic carbocycles. The molecule has 0 unspecified atom stereocenters. The number of quaternary nitrogens is 1. The van der Waals surface area contributed by atoms with Gasteiger partial charge in [0.1, 0.15) is 5.82 Å². The molecule has 0 bridgehead atoms. The van der Waals surface area contributed by atoms with E-state index < -0.39 is 0 Å². The van der Waals surface area contributed by atoms with E-state index in [0.29, 0.717) is 44.0 Å². The minimum Gasteiger partial charge on any atom is -0.327 e. The third-order valence-electron chi connectivity index (χ3n) is 4.79. The molecule has 1 aliphatic heterocycles. The summed E-state index contributed by atoms with van der Waals surface area (Å²) in [7, 11) is 0. The van der Waals surface area contributed by atoms with E-state index in [2.05, 4.69) is 11.6 Å². The average molecular weight is 403 g/mol. The lowest BCUT2D eigenvalue weighted by molar-refractivity contribution is -0.895. The van der Waals surface area contributed by atoms with Crippen LogP contribution in [0.1, 0.15) is 15.9 Å². The Bertz CT molecular complexity index is 821. The Morgan fingerprint density at radius 3 is 2.50 bits per heavy atom. The number of anilines is 1. The van der Waals surface area contributed by atoms with Gasteiger partial charge in [-0.3, -0.25) is 9.59 Å². The highest BCUT2D eigenvalue weighted by Crippen LogP contribution is 2.12. The number of benzene rings is 2. The van der Waals surface area contributed by atoms with E-state index in [1.54, 1.807) is 23.9 Å². The molecule has 2 amide bonds. The number of rotatable bonds is 6. The zero-order valence-corrected chi connectivity index (χ0v) is 16.7. The highest BCUT2D eigenvalue weighted by atomic mass is 32.2. The molecule has 1 heterocycles. The van der Waals surface area contributed by atoms with Crippen molar-refractivity contribution in [2.75, 3.05) is 44.3 Å². The minimum atomic E-state index is -0.376. The van der Waals surface area contributed by atoms with Gasteiger partial charge < -0.3 is 15.1 Å². The number of hydrogen-bond acceptors (Lipinski definition) is 3. The smallest absolute Gasteiger partial charge is 0.279 e. The number of piperazine rings is 1. The van der Waals surface area contributed by atoms with Crippen LogP contribution in [0, 0.1) is 5.82 Å². The fourth-order valence-electron chi connectivity index (χ4n) is 3.29. The zero-order valence-electron chi connectivity index (χ0n) is 15.9. The molecule has 0 radical (unpaired) electrons. The predicted octanol–water partition coefficient (Wildman–Crippen LogP) is 1.67.